The first-order valence-electron chi connectivity index (χ1n) is 7.81. The zero-order valence-corrected chi connectivity index (χ0v) is 15.6. The summed E-state index contributed by atoms with van der Waals surface area (Å²) >= 11 is 2.89. The summed E-state index contributed by atoms with van der Waals surface area (Å²) in [5, 5.41) is 8.48. The highest BCUT2D eigenvalue weighted by molar-refractivity contribution is 7.17. The first kappa shape index (κ1) is 16.4. The Morgan fingerprint density at radius 2 is 2.04 bits per heavy atom. The maximum absolute atomic E-state index is 12.7. The van der Waals surface area contributed by atoms with Crippen LogP contribution in [0.5, 0.6) is 0 Å². The van der Waals surface area contributed by atoms with E-state index >= 15 is 0 Å². The molecule has 0 bridgehead atoms. The van der Waals surface area contributed by atoms with Crippen molar-refractivity contribution in [2.45, 2.75) is 33.8 Å². The Morgan fingerprint density at radius 1 is 1.20 bits per heavy atom. The number of rotatable bonds is 3. The van der Waals surface area contributed by atoms with E-state index in [-0.39, 0.29) is 5.91 Å². The maximum Gasteiger partial charge on any atom is 0.268 e. The summed E-state index contributed by atoms with van der Waals surface area (Å²) in [4.78, 5) is 23.1. The van der Waals surface area contributed by atoms with Gasteiger partial charge in [-0.25, -0.2) is 4.98 Å². The molecule has 4 rings (SSSR count). The molecule has 0 atom stereocenters. The number of thiophene rings is 1. The molecule has 130 valence electrons. The van der Waals surface area contributed by atoms with E-state index in [0.29, 0.717) is 29.8 Å². The van der Waals surface area contributed by atoms with Gasteiger partial charge >= 0.3 is 0 Å². The van der Waals surface area contributed by atoms with Crippen LogP contribution in [0.15, 0.2) is 4.52 Å². The minimum atomic E-state index is -0.167. The number of carbonyl (C=O) groups is 1. The lowest BCUT2D eigenvalue weighted by atomic mass is 10.1. The highest BCUT2D eigenvalue weighted by Gasteiger charge is 2.27. The number of thiazole rings is 1. The third-order valence-corrected chi connectivity index (χ3v) is 6.09. The molecule has 1 aliphatic rings. The van der Waals surface area contributed by atoms with E-state index in [1.54, 1.807) is 6.92 Å². The Kier molecular flexibility index (Phi) is 4.14. The molecule has 0 unspecified atom stereocenters. The molecule has 1 amide bonds. The average molecular weight is 376 g/mol. The number of nitrogens with one attached hydrogen (secondary N) is 1. The van der Waals surface area contributed by atoms with Gasteiger partial charge in [-0.1, -0.05) is 5.16 Å². The summed E-state index contributed by atoms with van der Waals surface area (Å²) in [5.74, 6) is 0.831. The molecule has 7 nitrogen and oxygen atoms in total. The number of fused-ring (bicyclic) bond motifs is 1. The van der Waals surface area contributed by atoms with Crippen LogP contribution >= 0.6 is 22.7 Å². The quantitative estimate of drug-likeness (QED) is 0.752. The van der Waals surface area contributed by atoms with Crippen LogP contribution < -0.4 is 5.32 Å². The van der Waals surface area contributed by atoms with Gasteiger partial charge in [-0.3, -0.25) is 4.79 Å². The van der Waals surface area contributed by atoms with Gasteiger partial charge in [-0.15, -0.1) is 22.7 Å². The summed E-state index contributed by atoms with van der Waals surface area (Å²) < 4.78 is 10.9. The number of carbonyl (C=O) groups excluding carboxylic acids is 1. The number of aryl methyl sites for hydroxylation is 3. The number of amides is 1. The van der Waals surface area contributed by atoms with E-state index in [0.717, 1.165) is 38.1 Å². The molecule has 0 aromatic carbocycles. The lowest BCUT2D eigenvalue weighted by Gasteiger charge is -2.12. The smallest absolute Gasteiger partial charge is 0.268 e. The highest BCUT2D eigenvalue weighted by Crippen LogP contribution is 2.42. The normalized spacial score (nSPS) is 13.7. The standard InChI is InChI=1S/C16H16N4O3S2/c1-7-13(24-9(3)17-7)14(21)19-16-12(15-18-8(2)20-23-15)10-4-5-22-6-11(10)25-16/h4-6H2,1-3H3,(H,19,21). The zero-order chi connectivity index (χ0) is 17.6. The number of anilines is 1. The van der Waals surface area contributed by atoms with E-state index in [9.17, 15) is 4.79 Å². The van der Waals surface area contributed by atoms with Crippen molar-refractivity contribution in [1.29, 1.82) is 0 Å². The van der Waals surface area contributed by atoms with Gasteiger partial charge in [-0.2, -0.15) is 4.98 Å². The van der Waals surface area contributed by atoms with E-state index in [4.69, 9.17) is 9.26 Å². The van der Waals surface area contributed by atoms with Gasteiger partial charge in [0, 0.05) is 4.88 Å². The molecule has 25 heavy (non-hydrogen) atoms. The molecule has 1 N–H and O–H groups in total. The molecule has 3 aromatic heterocycles. The predicted octanol–water partition coefficient (Wildman–Crippen LogP) is 3.50. The van der Waals surface area contributed by atoms with Gasteiger partial charge in [0.1, 0.15) is 9.88 Å². The van der Waals surface area contributed by atoms with Crippen LogP contribution in [0.3, 0.4) is 0 Å². The average Bonchev–Trinajstić information content (AvgIpc) is 3.23. The molecule has 3 aromatic rings. The molecular formula is C16H16N4O3S2. The van der Waals surface area contributed by atoms with Crippen LogP contribution in [0.4, 0.5) is 5.00 Å². The SMILES string of the molecule is Cc1noc(-c2c(NC(=O)c3sc(C)nc3C)sc3c2CCOC3)n1. The Hall–Kier alpha value is -2.10. The second kappa shape index (κ2) is 6.32. The lowest BCUT2D eigenvalue weighted by molar-refractivity contribution is 0.103. The summed E-state index contributed by atoms with van der Waals surface area (Å²) in [5.41, 5.74) is 2.67. The number of hydrogen-bond donors (Lipinski definition) is 1. The highest BCUT2D eigenvalue weighted by atomic mass is 32.1. The van der Waals surface area contributed by atoms with Gasteiger partial charge in [0.25, 0.3) is 11.8 Å². The summed E-state index contributed by atoms with van der Waals surface area (Å²) in [7, 11) is 0. The molecule has 0 spiro atoms. The van der Waals surface area contributed by atoms with Crippen LogP contribution in [0.2, 0.25) is 0 Å². The van der Waals surface area contributed by atoms with Crippen LogP contribution in [0, 0.1) is 20.8 Å². The van der Waals surface area contributed by atoms with Crippen LogP contribution in [-0.2, 0) is 17.8 Å². The third kappa shape index (κ3) is 2.99. The molecule has 0 saturated heterocycles. The molecule has 1 aliphatic heterocycles. The van der Waals surface area contributed by atoms with Crippen molar-refractivity contribution in [2.75, 3.05) is 11.9 Å². The largest absolute Gasteiger partial charge is 0.376 e. The minimum absolute atomic E-state index is 0.167. The van der Waals surface area contributed by atoms with Crippen molar-refractivity contribution in [3.05, 3.63) is 31.8 Å². The number of ether oxygens (including phenoxy) is 1. The molecule has 0 fully saturated rings. The van der Waals surface area contributed by atoms with Crippen LogP contribution in [0.25, 0.3) is 11.5 Å². The van der Waals surface area contributed by atoms with Gasteiger partial charge in [0.2, 0.25) is 0 Å². The van der Waals surface area contributed by atoms with Crippen molar-refractivity contribution in [1.82, 2.24) is 15.1 Å². The Labute approximate surface area is 152 Å². The predicted molar refractivity (Wildman–Crippen MR) is 95.2 cm³/mol. The van der Waals surface area contributed by atoms with Crippen LogP contribution in [-0.4, -0.2) is 27.6 Å². The maximum atomic E-state index is 12.7. The first-order chi connectivity index (χ1) is 12.0. The van der Waals surface area contributed by atoms with Gasteiger partial charge < -0.3 is 14.6 Å². The van der Waals surface area contributed by atoms with Crippen LogP contribution in [0.1, 0.15) is 36.6 Å². The molecule has 0 aliphatic carbocycles. The minimum Gasteiger partial charge on any atom is -0.376 e. The summed E-state index contributed by atoms with van der Waals surface area (Å²) in [6.07, 6.45) is 0.761. The molecule has 4 heterocycles. The van der Waals surface area contributed by atoms with E-state index in [1.807, 2.05) is 13.8 Å². The third-order valence-electron chi connectivity index (χ3n) is 3.90. The van der Waals surface area contributed by atoms with E-state index in [1.165, 1.54) is 22.7 Å². The lowest BCUT2D eigenvalue weighted by Crippen LogP contribution is -2.11. The van der Waals surface area contributed by atoms with E-state index < -0.39 is 0 Å². The number of aromatic nitrogens is 3. The van der Waals surface area contributed by atoms with Crippen molar-refractivity contribution >= 4 is 33.6 Å². The fourth-order valence-corrected chi connectivity index (χ4v) is 4.83. The Bertz CT molecular complexity index is 957. The topological polar surface area (TPSA) is 90.1 Å². The first-order valence-corrected chi connectivity index (χ1v) is 9.44. The monoisotopic (exact) mass is 376 g/mol. The van der Waals surface area contributed by atoms with Crippen molar-refractivity contribution in [2.24, 2.45) is 0 Å². The van der Waals surface area contributed by atoms with Gasteiger partial charge in [0.05, 0.1) is 29.5 Å². The fraction of sp³-hybridized carbons (Fsp3) is 0.375. The number of nitrogens with zero attached hydrogens (tertiary/aromatic N) is 3. The summed E-state index contributed by atoms with van der Waals surface area (Å²) in [6.45, 7) is 6.69. The molecule has 0 radical (unpaired) electrons. The molecule has 0 saturated carbocycles. The Morgan fingerprint density at radius 3 is 2.72 bits per heavy atom. The Balaban J connectivity index is 1.75. The van der Waals surface area contributed by atoms with Crippen molar-refractivity contribution < 1.29 is 14.1 Å². The molecule has 9 heteroatoms. The fourth-order valence-electron chi connectivity index (χ4n) is 2.85. The second-order valence-corrected chi connectivity index (χ2v) is 8.07. The summed E-state index contributed by atoms with van der Waals surface area (Å²) in [6, 6.07) is 0. The van der Waals surface area contributed by atoms with Gasteiger partial charge in [0.15, 0.2) is 5.82 Å². The second-order valence-electron chi connectivity index (χ2n) is 5.76. The zero-order valence-electron chi connectivity index (χ0n) is 14.0. The van der Waals surface area contributed by atoms with Gasteiger partial charge in [-0.05, 0) is 32.8 Å². The van der Waals surface area contributed by atoms with Crippen molar-refractivity contribution in [3.8, 4) is 11.5 Å². The number of hydrogen-bond acceptors (Lipinski definition) is 8. The van der Waals surface area contributed by atoms with E-state index in [2.05, 4.69) is 20.4 Å². The molecular weight excluding hydrogens is 360 g/mol. The van der Waals surface area contributed by atoms with Crippen molar-refractivity contribution in [3.63, 3.8) is 0 Å².